The van der Waals surface area contributed by atoms with Crippen LogP contribution in [0.3, 0.4) is 0 Å². The molecular weight excluding hydrogens is 378 g/mol. The number of nitrogens with zero attached hydrogens (tertiary/aromatic N) is 4. The van der Waals surface area contributed by atoms with Crippen LogP contribution in [-0.4, -0.2) is 47.7 Å². The lowest BCUT2D eigenvalue weighted by atomic mass is 10.1. The van der Waals surface area contributed by atoms with Gasteiger partial charge in [0.1, 0.15) is 0 Å². The molecule has 146 valence electrons. The molecule has 1 N–H and O–H groups in total. The predicted molar refractivity (Wildman–Crippen MR) is 104 cm³/mol. The fraction of sp³-hybridized carbons (Fsp3) is 0.211. The average Bonchev–Trinajstić information content (AvgIpc) is 3.21. The lowest BCUT2D eigenvalue weighted by Gasteiger charge is -2.19. The zero-order valence-corrected chi connectivity index (χ0v) is 16.4. The predicted octanol–water partition coefficient (Wildman–Crippen LogP) is 1.70. The Balaban J connectivity index is 1.80. The summed E-state index contributed by atoms with van der Waals surface area (Å²) in [5.41, 5.74) is 1.28. The molecule has 3 rings (SSSR count). The Morgan fingerprint density at radius 1 is 1.04 bits per heavy atom. The average molecular weight is 399 g/mol. The first-order valence-corrected chi connectivity index (χ1v) is 10.0. The second kappa shape index (κ2) is 8.32. The molecule has 1 heterocycles. The normalized spacial score (nSPS) is 12.7. The van der Waals surface area contributed by atoms with Crippen molar-refractivity contribution >= 4 is 15.9 Å². The molecule has 0 spiro atoms. The van der Waals surface area contributed by atoms with Crippen LogP contribution in [0.2, 0.25) is 0 Å². The van der Waals surface area contributed by atoms with Crippen molar-refractivity contribution in [3.8, 4) is 0 Å². The summed E-state index contributed by atoms with van der Waals surface area (Å²) in [6.07, 6.45) is 3.15. The molecular formula is C19H21N5O3S. The Bertz CT molecular complexity index is 1020. The Morgan fingerprint density at radius 2 is 1.64 bits per heavy atom. The molecule has 0 radical (unpaired) electrons. The van der Waals surface area contributed by atoms with Crippen LogP contribution in [0.25, 0.3) is 0 Å². The summed E-state index contributed by atoms with van der Waals surface area (Å²) in [7, 11) is -0.614. The molecule has 1 aromatic heterocycles. The molecule has 1 atom stereocenters. The summed E-state index contributed by atoms with van der Waals surface area (Å²) in [6.45, 7) is 0.371. The van der Waals surface area contributed by atoms with Crippen LogP contribution in [0.15, 0.2) is 71.9 Å². The maximum Gasteiger partial charge on any atom is 0.251 e. The Kier molecular flexibility index (Phi) is 5.86. The van der Waals surface area contributed by atoms with Crippen LogP contribution in [0.5, 0.6) is 0 Å². The van der Waals surface area contributed by atoms with Gasteiger partial charge in [0.2, 0.25) is 10.0 Å². The maximum atomic E-state index is 12.7. The topological polar surface area (TPSA) is 97.2 Å². The molecule has 28 heavy (non-hydrogen) atoms. The van der Waals surface area contributed by atoms with E-state index in [9.17, 15) is 13.2 Å². The van der Waals surface area contributed by atoms with Crippen molar-refractivity contribution in [2.45, 2.75) is 17.5 Å². The van der Waals surface area contributed by atoms with Crippen molar-refractivity contribution in [3.05, 3.63) is 78.1 Å². The summed E-state index contributed by atoms with van der Waals surface area (Å²) < 4.78 is 25.5. The first kappa shape index (κ1) is 19.7. The highest BCUT2D eigenvalue weighted by molar-refractivity contribution is 7.89. The number of nitrogens with one attached hydrogen (secondary N) is 1. The van der Waals surface area contributed by atoms with E-state index in [1.54, 1.807) is 12.4 Å². The van der Waals surface area contributed by atoms with E-state index in [4.69, 9.17) is 0 Å². The molecule has 0 aliphatic heterocycles. The SMILES string of the molecule is CN(C)S(=O)(=O)c1ccc(C(=O)NC(Cn2nccn2)c2ccccc2)cc1. The van der Waals surface area contributed by atoms with Crippen molar-refractivity contribution in [1.82, 2.24) is 24.6 Å². The van der Waals surface area contributed by atoms with Crippen LogP contribution in [-0.2, 0) is 16.6 Å². The van der Waals surface area contributed by atoms with Crippen molar-refractivity contribution in [3.63, 3.8) is 0 Å². The number of rotatable bonds is 7. The van der Waals surface area contributed by atoms with Crippen molar-refractivity contribution in [1.29, 1.82) is 0 Å². The van der Waals surface area contributed by atoms with Crippen LogP contribution in [0.1, 0.15) is 22.0 Å². The number of amides is 1. The van der Waals surface area contributed by atoms with E-state index < -0.39 is 10.0 Å². The molecule has 9 heteroatoms. The van der Waals surface area contributed by atoms with Crippen LogP contribution >= 0.6 is 0 Å². The van der Waals surface area contributed by atoms with Gasteiger partial charge in [0.05, 0.1) is 29.9 Å². The van der Waals surface area contributed by atoms with Crippen molar-refractivity contribution in [2.24, 2.45) is 0 Å². The molecule has 0 saturated heterocycles. The molecule has 1 unspecified atom stereocenters. The van der Waals surface area contributed by atoms with Gasteiger partial charge in [0.15, 0.2) is 0 Å². The summed E-state index contributed by atoms with van der Waals surface area (Å²) in [5, 5.41) is 11.2. The molecule has 0 fully saturated rings. The highest BCUT2D eigenvalue weighted by atomic mass is 32.2. The standard InChI is InChI=1S/C19H21N5O3S/c1-23(2)28(26,27)17-10-8-16(9-11-17)19(25)22-18(14-24-20-12-13-21-24)15-6-4-3-5-7-15/h3-13,18H,14H2,1-2H3,(H,22,25). The van der Waals surface area contributed by atoms with E-state index in [2.05, 4.69) is 15.5 Å². The second-order valence-electron chi connectivity index (χ2n) is 6.33. The van der Waals surface area contributed by atoms with E-state index in [1.165, 1.54) is 43.2 Å². The smallest absolute Gasteiger partial charge is 0.251 e. The third-order valence-electron chi connectivity index (χ3n) is 4.21. The molecule has 0 bridgehead atoms. The minimum atomic E-state index is -3.54. The Labute approximate surface area is 163 Å². The third kappa shape index (κ3) is 4.44. The van der Waals surface area contributed by atoms with E-state index in [-0.39, 0.29) is 16.8 Å². The van der Waals surface area contributed by atoms with Gasteiger partial charge in [-0.25, -0.2) is 12.7 Å². The molecule has 2 aromatic carbocycles. The molecule has 0 aliphatic carbocycles. The van der Waals surface area contributed by atoms with Gasteiger partial charge in [0.25, 0.3) is 5.91 Å². The molecule has 8 nitrogen and oxygen atoms in total. The second-order valence-corrected chi connectivity index (χ2v) is 8.48. The van der Waals surface area contributed by atoms with Crippen molar-refractivity contribution < 1.29 is 13.2 Å². The Hall–Kier alpha value is -3.04. The zero-order chi connectivity index (χ0) is 20.1. The van der Waals surface area contributed by atoms with Crippen LogP contribution in [0, 0.1) is 0 Å². The quantitative estimate of drug-likeness (QED) is 0.652. The van der Waals surface area contributed by atoms with Gasteiger partial charge in [-0.15, -0.1) is 0 Å². The summed E-state index contributed by atoms with van der Waals surface area (Å²) in [5.74, 6) is -0.310. The van der Waals surface area contributed by atoms with E-state index in [1.807, 2.05) is 30.3 Å². The van der Waals surface area contributed by atoms with Crippen LogP contribution < -0.4 is 5.32 Å². The number of aromatic nitrogens is 3. The first-order valence-electron chi connectivity index (χ1n) is 8.60. The summed E-state index contributed by atoms with van der Waals surface area (Å²) in [6, 6.07) is 15.0. The van der Waals surface area contributed by atoms with Gasteiger partial charge in [0, 0.05) is 19.7 Å². The van der Waals surface area contributed by atoms with Gasteiger partial charge >= 0.3 is 0 Å². The zero-order valence-electron chi connectivity index (χ0n) is 15.6. The minimum Gasteiger partial charge on any atom is -0.343 e. The lowest BCUT2D eigenvalue weighted by molar-refractivity contribution is 0.0930. The van der Waals surface area contributed by atoms with E-state index in [0.29, 0.717) is 12.1 Å². The summed E-state index contributed by atoms with van der Waals surface area (Å²) >= 11 is 0. The fourth-order valence-corrected chi connectivity index (χ4v) is 3.55. The number of carbonyl (C=O) groups excluding carboxylic acids is 1. The van der Waals surface area contributed by atoms with Crippen LogP contribution in [0.4, 0.5) is 0 Å². The maximum absolute atomic E-state index is 12.7. The first-order chi connectivity index (χ1) is 13.4. The van der Waals surface area contributed by atoms with E-state index >= 15 is 0 Å². The minimum absolute atomic E-state index is 0.134. The van der Waals surface area contributed by atoms with Crippen molar-refractivity contribution in [2.75, 3.05) is 14.1 Å². The number of hydrogen-bond acceptors (Lipinski definition) is 5. The molecule has 3 aromatic rings. The monoisotopic (exact) mass is 399 g/mol. The summed E-state index contributed by atoms with van der Waals surface area (Å²) in [4.78, 5) is 14.4. The Morgan fingerprint density at radius 3 is 2.21 bits per heavy atom. The lowest BCUT2D eigenvalue weighted by Crippen LogP contribution is -2.32. The van der Waals surface area contributed by atoms with E-state index in [0.717, 1.165) is 9.87 Å². The highest BCUT2D eigenvalue weighted by Crippen LogP contribution is 2.17. The van der Waals surface area contributed by atoms with Gasteiger partial charge in [-0.3, -0.25) is 4.79 Å². The van der Waals surface area contributed by atoms with Gasteiger partial charge in [-0.2, -0.15) is 15.0 Å². The number of hydrogen-bond donors (Lipinski definition) is 1. The molecule has 0 aliphatic rings. The third-order valence-corrected chi connectivity index (χ3v) is 6.04. The number of sulfonamides is 1. The fourth-order valence-electron chi connectivity index (χ4n) is 2.65. The molecule has 1 amide bonds. The highest BCUT2D eigenvalue weighted by Gasteiger charge is 2.20. The van der Waals surface area contributed by atoms with Gasteiger partial charge < -0.3 is 5.32 Å². The van der Waals surface area contributed by atoms with Gasteiger partial charge in [-0.05, 0) is 29.8 Å². The molecule has 0 saturated carbocycles. The largest absolute Gasteiger partial charge is 0.343 e. The number of benzene rings is 2. The van der Waals surface area contributed by atoms with Gasteiger partial charge in [-0.1, -0.05) is 30.3 Å². The number of carbonyl (C=O) groups is 1.